The van der Waals surface area contributed by atoms with E-state index < -0.39 is 0 Å². The Hall–Kier alpha value is -0.410. The smallest absolute Gasteiger partial charge is 0.0931 e. The fourth-order valence-corrected chi connectivity index (χ4v) is 2.84. The SMILES string of the molecule is CCNCC(CC)Cc1nc(C(C)(C)C)cs1. The van der Waals surface area contributed by atoms with Crippen molar-refractivity contribution in [3.8, 4) is 0 Å². The quantitative estimate of drug-likeness (QED) is 0.838. The molecule has 0 aromatic carbocycles. The molecule has 1 aromatic heterocycles. The van der Waals surface area contributed by atoms with E-state index in [1.807, 2.05) is 11.3 Å². The molecule has 98 valence electrons. The summed E-state index contributed by atoms with van der Waals surface area (Å²) in [6, 6.07) is 0. The maximum Gasteiger partial charge on any atom is 0.0931 e. The van der Waals surface area contributed by atoms with Crippen LogP contribution in [0.2, 0.25) is 0 Å². The van der Waals surface area contributed by atoms with Crippen molar-refractivity contribution >= 4 is 11.3 Å². The van der Waals surface area contributed by atoms with Crippen LogP contribution in [0.25, 0.3) is 0 Å². The highest BCUT2D eigenvalue weighted by molar-refractivity contribution is 7.09. The number of rotatable bonds is 6. The van der Waals surface area contributed by atoms with Crippen LogP contribution < -0.4 is 5.32 Å². The Morgan fingerprint density at radius 1 is 1.35 bits per heavy atom. The highest BCUT2D eigenvalue weighted by atomic mass is 32.1. The fourth-order valence-electron chi connectivity index (χ4n) is 1.71. The van der Waals surface area contributed by atoms with E-state index in [0.29, 0.717) is 5.92 Å². The Labute approximate surface area is 110 Å². The Balaban J connectivity index is 2.58. The lowest BCUT2D eigenvalue weighted by Crippen LogP contribution is -2.23. The summed E-state index contributed by atoms with van der Waals surface area (Å²) in [4.78, 5) is 4.77. The molecule has 1 N–H and O–H groups in total. The number of thiazole rings is 1. The van der Waals surface area contributed by atoms with E-state index in [4.69, 9.17) is 4.98 Å². The second kappa shape index (κ2) is 6.50. The first-order valence-corrected chi connectivity index (χ1v) is 7.50. The Morgan fingerprint density at radius 2 is 2.06 bits per heavy atom. The monoisotopic (exact) mass is 254 g/mol. The standard InChI is InChI=1S/C14H26N2S/c1-6-11(9-15-7-2)8-13-16-12(10-17-13)14(3,4)5/h10-11,15H,6-9H2,1-5H3. The lowest BCUT2D eigenvalue weighted by atomic mass is 9.93. The van der Waals surface area contributed by atoms with Crippen molar-refractivity contribution < 1.29 is 0 Å². The van der Waals surface area contributed by atoms with Crippen LogP contribution in [-0.4, -0.2) is 18.1 Å². The first-order valence-electron chi connectivity index (χ1n) is 6.63. The largest absolute Gasteiger partial charge is 0.317 e. The lowest BCUT2D eigenvalue weighted by molar-refractivity contribution is 0.464. The van der Waals surface area contributed by atoms with Gasteiger partial charge in [-0.1, -0.05) is 41.0 Å². The predicted octanol–water partition coefficient (Wildman–Crippen LogP) is 3.62. The summed E-state index contributed by atoms with van der Waals surface area (Å²) in [6.45, 7) is 13.3. The normalized spacial score (nSPS) is 13.9. The molecule has 0 fully saturated rings. The summed E-state index contributed by atoms with van der Waals surface area (Å²) in [5, 5.41) is 6.94. The average Bonchev–Trinajstić information content (AvgIpc) is 2.72. The predicted molar refractivity (Wildman–Crippen MR) is 76.8 cm³/mol. The molecule has 0 saturated heterocycles. The molecule has 0 amide bonds. The van der Waals surface area contributed by atoms with Gasteiger partial charge in [-0.2, -0.15) is 0 Å². The number of nitrogens with one attached hydrogen (secondary N) is 1. The van der Waals surface area contributed by atoms with Gasteiger partial charge in [0.05, 0.1) is 10.7 Å². The van der Waals surface area contributed by atoms with Crippen molar-refractivity contribution in [3.63, 3.8) is 0 Å². The maximum absolute atomic E-state index is 4.77. The van der Waals surface area contributed by atoms with Crippen LogP contribution in [0.3, 0.4) is 0 Å². The molecule has 0 aliphatic heterocycles. The van der Waals surface area contributed by atoms with Gasteiger partial charge in [-0.3, -0.25) is 0 Å². The van der Waals surface area contributed by atoms with Crippen molar-refractivity contribution in [2.45, 2.75) is 52.9 Å². The highest BCUT2D eigenvalue weighted by Crippen LogP contribution is 2.25. The van der Waals surface area contributed by atoms with Crippen molar-refractivity contribution in [1.29, 1.82) is 0 Å². The molecular formula is C14H26N2S. The van der Waals surface area contributed by atoms with Gasteiger partial charge in [-0.25, -0.2) is 4.98 Å². The average molecular weight is 254 g/mol. The van der Waals surface area contributed by atoms with E-state index in [1.54, 1.807) is 0 Å². The third-order valence-electron chi connectivity index (χ3n) is 3.04. The molecule has 0 aliphatic carbocycles. The van der Waals surface area contributed by atoms with Crippen LogP contribution in [0.4, 0.5) is 0 Å². The minimum absolute atomic E-state index is 0.179. The van der Waals surface area contributed by atoms with E-state index in [2.05, 4.69) is 45.3 Å². The van der Waals surface area contributed by atoms with Crippen LogP contribution in [0, 0.1) is 5.92 Å². The topological polar surface area (TPSA) is 24.9 Å². The third kappa shape index (κ3) is 4.76. The van der Waals surface area contributed by atoms with Crippen molar-refractivity contribution in [1.82, 2.24) is 10.3 Å². The summed E-state index contributed by atoms with van der Waals surface area (Å²) >= 11 is 1.81. The minimum Gasteiger partial charge on any atom is -0.317 e. The zero-order valence-corrected chi connectivity index (χ0v) is 12.7. The summed E-state index contributed by atoms with van der Waals surface area (Å²) in [7, 11) is 0. The van der Waals surface area contributed by atoms with E-state index in [1.165, 1.54) is 17.1 Å². The molecule has 1 aromatic rings. The zero-order valence-electron chi connectivity index (χ0n) is 11.8. The Morgan fingerprint density at radius 3 is 2.53 bits per heavy atom. The molecule has 1 heterocycles. The molecule has 1 rings (SSSR count). The van der Waals surface area contributed by atoms with Crippen LogP contribution >= 0.6 is 11.3 Å². The van der Waals surface area contributed by atoms with Gasteiger partial charge >= 0.3 is 0 Å². The van der Waals surface area contributed by atoms with Crippen molar-refractivity contribution in [2.24, 2.45) is 5.92 Å². The van der Waals surface area contributed by atoms with E-state index in [-0.39, 0.29) is 5.41 Å². The summed E-state index contributed by atoms with van der Waals surface area (Å²) < 4.78 is 0. The molecular weight excluding hydrogens is 228 g/mol. The van der Waals surface area contributed by atoms with Crippen molar-refractivity contribution in [3.05, 3.63) is 16.1 Å². The first-order chi connectivity index (χ1) is 7.97. The summed E-state index contributed by atoms with van der Waals surface area (Å²) in [5.41, 5.74) is 1.41. The molecule has 2 nitrogen and oxygen atoms in total. The van der Waals surface area contributed by atoms with Crippen LogP contribution in [0.1, 0.15) is 51.7 Å². The Kier molecular flexibility index (Phi) is 5.60. The second-order valence-electron chi connectivity index (χ2n) is 5.66. The third-order valence-corrected chi connectivity index (χ3v) is 3.91. The van der Waals surface area contributed by atoms with E-state index in [0.717, 1.165) is 19.5 Å². The summed E-state index contributed by atoms with van der Waals surface area (Å²) in [5.74, 6) is 0.717. The molecule has 0 aliphatic rings. The second-order valence-corrected chi connectivity index (χ2v) is 6.61. The molecule has 0 radical (unpaired) electrons. The number of aromatic nitrogens is 1. The molecule has 0 spiro atoms. The lowest BCUT2D eigenvalue weighted by Gasteiger charge is -2.15. The molecule has 1 unspecified atom stereocenters. The first kappa shape index (κ1) is 14.7. The minimum atomic E-state index is 0.179. The molecule has 1 atom stereocenters. The van der Waals surface area contributed by atoms with Gasteiger partial charge in [0, 0.05) is 17.2 Å². The number of hydrogen-bond acceptors (Lipinski definition) is 3. The van der Waals surface area contributed by atoms with Gasteiger partial charge < -0.3 is 5.32 Å². The molecule has 0 bridgehead atoms. The maximum atomic E-state index is 4.77. The van der Waals surface area contributed by atoms with E-state index in [9.17, 15) is 0 Å². The molecule has 17 heavy (non-hydrogen) atoms. The van der Waals surface area contributed by atoms with Gasteiger partial charge in [0.2, 0.25) is 0 Å². The van der Waals surface area contributed by atoms with Gasteiger partial charge in [-0.15, -0.1) is 11.3 Å². The number of hydrogen-bond donors (Lipinski definition) is 1. The zero-order chi connectivity index (χ0) is 12.9. The molecule has 3 heteroatoms. The van der Waals surface area contributed by atoms with Gasteiger partial charge in [0.25, 0.3) is 0 Å². The van der Waals surface area contributed by atoms with Gasteiger partial charge in [-0.05, 0) is 19.0 Å². The summed E-state index contributed by atoms with van der Waals surface area (Å²) in [6.07, 6.45) is 2.33. The highest BCUT2D eigenvalue weighted by Gasteiger charge is 2.18. The van der Waals surface area contributed by atoms with E-state index >= 15 is 0 Å². The fraction of sp³-hybridized carbons (Fsp3) is 0.786. The Bertz CT molecular complexity index is 325. The van der Waals surface area contributed by atoms with Gasteiger partial charge in [0.15, 0.2) is 0 Å². The van der Waals surface area contributed by atoms with Crippen LogP contribution in [-0.2, 0) is 11.8 Å². The van der Waals surface area contributed by atoms with Crippen LogP contribution in [0.15, 0.2) is 5.38 Å². The number of nitrogens with zero attached hydrogens (tertiary/aromatic N) is 1. The van der Waals surface area contributed by atoms with Crippen molar-refractivity contribution in [2.75, 3.05) is 13.1 Å². The van der Waals surface area contributed by atoms with Gasteiger partial charge in [0.1, 0.15) is 0 Å². The van der Waals surface area contributed by atoms with Crippen LogP contribution in [0.5, 0.6) is 0 Å². The molecule has 0 saturated carbocycles.